The van der Waals surface area contributed by atoms with Crippen molar-refractivity contribution in [3.8, 4) is 0 Å². The summed E-state index contributed by atoms with van der Waals surface area (Å²) in [6, 6.07) is 10.3. The molecule has 3 aromatic carbocycles. The molecule has 0 fully saturated rings. The molecule has 2 amide bonds. The summed E-state index contributed by atoms with van der Waals surface area (Å²) < 4.78 is 39.8. The third kappa shape index (κ3) is 30.2. The van der Waals surface area contributed by atoms with Gasteiger partial charge in [0.05, 0.1) is 68.4 Å². The molecule has 0 spiro atoms. The van der Waals surface area contributed by atoms with Crippen molar-refractivity contribution in [2.24, 2.45) is 0 Å². The maximum Gasteiger partial charge on any atom is 0.511 e. The molecule has 20 nitrogen and oxygen atoms in total. The largest absolute Gasteiger partial charge is 0.511 e. The van der Waals surface area contributed by atoms with E-state index in [1.807, 2.05) is 154 Å². The summed E-state index contributed by atoms with van der Waals surface area (Å²) in [5.74, 6) is -3.72. The summed E-state index contributed by atoms with van der Waals surface area (Å²) >= 11 is 11.6. The lowest BCUT2D eigenvalue weighted by Crippen LogP contribution is -2.33. The van der Waals surface area contributed by atoms with Gasteiger partial charge in [-0.1, -0.05) is 133 Å². The maximum atomic E-state index is 13.6. The zero-order valence-electron chi connectivity index (χ0n) is 48.6. The number of carbonyl (C=O) groups excluding carboxylic acids is 9. The van der Waals surface area contributed by atoms with Gasteiger partial charge in [-0.15, -0.1) is 0 Å². The highest BCUT2D eigenvalue weighted by molar-refractivity contribution is 14.1. The van der Waals surface area contributed by atoms with Gasteiger partial charge in [0.1, 0.15) is 24.8 Å². The SMILES string of the molecule is CCCCCCCCCCCCCCCCCC(=O)OC(COC(=O)OC(C)OC(=O)c1c(I)c(NCC(C)=O)c(I)c(NC(C)=O)c1I)COC(=O)OC(C)OC(=O)c1c(I)c(NCC(C)=O)c(I)c(NC(C)=O)c1I.Cc1ccccc1. The Morgan fingerprint density at radius 1 is 0.452 bits per heavy atom. The molecule has 84 heavy (non-hydrogen) atoms. The number of ketones is 2. The number of esters is 3. The van der Waals surface area contributed by atoms with Crippen LogP contribution in [0.5, 0.6) is 0 Å². The number of hydrogen-bond donors (Lipinski definition) is 4. The molecule has 3 aromatic rings. The molecule has 0 bridgehead atoms. The van der Waals surface area contributed by atoms with E-state index >= 15 is 0 Å². The van der Waals surface area contributed by atoms with E-state index in [0.717, 1.165) is 25.7 Å². The zero-order chi connectivity index (χ0) is 62.9. The molecule has 0 aliphatic heterocycles. The number of amides is 2. The summed E-state index contributed by atoms with van der Waals surface area (Å²) in [5, 5.41) is 11.4. The number of Topliss-reactive ketones (excluding diaryl/α,β-unsaturated/α-hetero) is 2. The molecule has 0 heterocycles. The molecular weight excluding hydrogens is 1770 g/mol. The number of halogens is 6. The first kappa shape index (κ1) is 77.0. The van der Waals surface area contributed by atoms with Crippen LogP contribution in [0.15, 0.2) is 30.3 Å². The first-order chi connectivity index (χ1) is 39.8. The fourth-order valence-corrected chi connectivity index (χ4v) is 16.2. The molecule has 0 radical (unpaired) electrons. The number of ether oxygens (including phenoxy) is 7. The van der Waals surface area contributed by atoms with Crippen LogP contribution in [-0.2, 0) is 57.1 Å². The summed E-state index contributed by atoms with van der Waals surface area (Å²) in [6.07, 6.45) is 10.1. The van der Waals surface area contributed by atoms with E-state index in [2.05, 4.69) is 47.2 Å². The van der Waals surface area contributed by atoms with Crippen LogP contribution in [0.2, 0.25) is 0 Å². The summed E-state index contributed by atoms with van der Waals surface area (Å²) in [7, 11) is 0. The van der Waals surface area contributed by atoms with E-state index in [0.29, 0.717) is 50.6 Å². The van der Waals surface area contributed by atoms with Crippen LogP contribution < -0.4 is 21.3 Å². The third-order valence-electron chi connectivity index (χ3n) is 11.7. The number of anilines is 4. The van der Waals surface area contributed by atoms with Crippen LogP contribution >= 0.6 is 136 Å². The van der Waals surface area contributed by atoms with Crippen LogP contribution in [0.3, 0.4) is 0 Å². The Morgan fingerprint density at radius 2 is 0.798 bits per heavy atom. The van der Waals surface area contributed by atoms with Crippen LogP contribution in [0.1, 0.15) is 177 Å². The Balaban J connectivity index is 0.00000318. The normalized spacial score (nSPS) is 11.7. The van der Waals surface area contributed by atoms with Gasteiger partial charge in [-0.25, -0.2) is 19.2 Å². The van der Waals surface area contributed by atoms with E-state index in [1.165, 1.54) is 111 Å². The molecule has 0 saturated carbocycles. The van der Waals surface area contributed by atoms with Crippen LogP contribution in [0.4, 0.5) is 32.3 Å². The standard InChI is InChI=1S/C51H68I6N4O16.C7H8/c1-8-9-10-11-12-13-14-15-16-17-18-19-20-21-22-23-35(66)77-34(26-71-50(69)75-32(6)73-48(67)36-38(52)44(58-24-28(2)62)42(56)46(40(36)54)60-30(4)64)27-72-51(70)76-33(7)74-49(68)37-39(53)45(59-25-29(3)63)43(57)47(41(37)55)61-31(5)65;1-7-5-3-2-4-6-7/h32-34,58-59H,8-27H2,1-7H3,(H,60,64)(H,61,65);2-6H,1H3. The van der Waals surface area contributed by atoms with Gasteiger partial charge in [0.25, 0.3) is 0 Å². The molecule has 3 rings (SSSR count). The molecule has 4 N–H and O–H groups in total. The smallest absolute Gasteiger partial charge is 0.455 e. The minimum Gasteiger partial charge on any atom is -0.455 e. The predicted molar refractivity (Wildman–Crippen MR) is 371 cm³/mol. The van der Waals surface area contributed by atoms with Gasteiger partial charge >= 0.3 is 30.2 Å². The lowest BCUT2D eigenvalue weighted by Gasteiger charge is -2.22. The van der Waals surface area contributed by atoms with Gasteiger partial charge < -0.3 is 54.4 Å². The first-order valence-corrected chi connectivity index (χ1v) is 34.0. The van der Waals surface area contributed by atoms with Crippen molar-refractivity contribution < 1.29 is 76.3 Å². The highest BCUT2D eigenvalue weighted by Gasteiger charge is 2.31. The van der Waals surface area contributed by atoms with Crippen molar-refractivity contribution in [1.82, 2.24) is 0 Å². The van der Waals surface area contributed by atoms with Crippen molar-refractivity contribution in [1.29, 1.82) is 0 Å². The molecule has 2 atom stereocenters. The molecule has 0 saturated heterocycles. The second kappa shape index (κ2) is 42.7. The molecule has 0 aromatic heterocycles. The average Bonchev–Trinajstić information content (AvgIpc) is 1.17. The summed E-state index contributed by atoms with van der Waals surface area (Å²) in [6.45, 7) is 10.7. The van der Waals surface area contributed by atoms with Gasteiger partial charge in [0.2, 0.25) is 24.4 Å². The number of unbranched alkanes of at least 4 members (excludes halogenated alkanes) is 14. The van der Waals surface area contributed by atoms with Gasteiger partial charge in [-0.3, -0.25) is 24.0 Å². The minimum absolute atomic E-state index is 0.0162. The molecule has 466 valence electrons. The Bertz CT molecular complexity index is 2560. The van der Waals surface area contributed by atoms with Gasteiger partial charge in [-0.2, -0.15) is 0 Å². The Hall–Kier alpha value is -3.13. The third-order valence-corrected chi connectivity index (χ3v) is 18.2. The van der Waals surface area contributed by atoms with Gasteiger partial charge in [0.15, 0.2) is 6.10 Å². The number of carbonyl (C=O) groups is 9. The van der Waals surface area contributed by atoms with Crippen molar-refractivity contribution in [2.45, 2.75) is 177 Å². The van der Waals surface area contributed by atoms with Crippen molar-refractivity contribution in [3.63, 3.8) is 0 Å². The topological polar surface area (TPSA) is 266 Å². The Kier molecular flexibility index (Phi) is 39.1. The molecule has 0 aliphatic rings. The predicted octanol–water partition coefficient (Wildman–Crippen LogP) is 15.4. The van der Waals surface area contributed by atoms with E-state index in [-0.39, 0.29) is 42.2 Å². The monoisotopic (exact) mass is 1850 g/mol. The van der Waals surface area contributed by atoms with Gasteiger partial charge in [-0.05, 0) is 163 Å². The second-order valence-electron chi connectivity index (χ2n) is 19.4. The zero-order valence-corrected chi connectivity index (χ0v) is 61.5. The fourth-order valence-electron chi connectivity index (χ4n) is 7.66. The number of rotatable bonds is 35. The highest BCUT2D eigenvalue weighted by atomic mass is 127. The van der Waals surface area contributed by atoms with E-state index in [9.17, 15) is 43.2 Å². The Labute approximate surface area is 574 Å². The fraction of sp³-hybridized carbons (Fsp3) is 0.534. The van der Waals surface area contributed by atoms with Crippen LogP contribution in [0, 0.1) is 28.3 Å². The minimum atomic E-state index is -1.54. The van der Waals surface area contributed by atoms with Crippen molar-refractivity contribution in [3.05, 3.63) is 68.4 Å². The number of hydrogen-bond acceptors (Lipinski definition) is 18. The summed E-state index contributed by atoms with van der Waals surface area (Å²) in [5.41, 5.74) is 2.74. The van der Waals surface area contributed by atoms with Crippen molar-refractivity contribution in [2.75, 3.05) is 47.6 Å². The van der Waals surface area contributed by atoms with Crippen LogP contribution in [0.25, 0.3) is 0 Å². The molecular formula is C58H76I6N4O16. The molecule has 26 heteroatoms. The van der Waals surface area contributed by atoms with E-state index < -0.39 is 73.9 Å². The highest BCUT2D eigenvalue weighted by Crippen LogP contribution is 2.41. The summed E-state index contributed by atoms with van der Waals surface area (Å²) in [4.78, 5) is 114. The lowest BCUT2D eigenvalue weighted by atomic mass is 10.0. The van der Waals surface area contributed by atoms with Crippen LogP contribution in [-0.4, -0.2) is 98.6 Å². The molecule has 2 unspecified atom stereocenters. The second-order valence-corrected chi connectivity index (χ2v) is 25.8. The molecule has 0 aliphatic carbocycles. The van der Waals surface area contributed by atoms with E-state index in [4.69, 9.17) is 33.2 Å². The first-order valence-electron chi connectivity index (χ1n) is 27.5. The maximum absolute atomic E-state index is 13.6. The lowest BCUT2D eigenvalue weighted by molar-refractivity contribution is -0.156. The number of benzene rings is 3. The Morgan fingerprint density at radius 3 is 1.12 bits per heavy atom. The number of nitrogens with one attached hydrogen (secondary N) is 4. The average molecular weight is 1850 g/mol. The number of aryl methyl sites for hydroxylation is 1. The van der Waals surface area contributed by atoms with E-state index in [1.54, 1.807) is 0 Å². The van der Waals surface area contributed by atoms with Crippen molar-refractivity contribution >= 4 is 212 Å². The quantitative estimate of drug-likeness (QED) is 0.0140. The van der Waals surface area contributed by atoms with Gasteiger partial charge in [0, 0.05) is 34.1 Å².